The number of benzene rings is 1. The number of anilines is 2. The minimum absolute atomic E-state index is 0.0974. The maximum atomic E-state index is 12.1. The summed E-state index contributed by atoms with van der Waals surface area (Å²) in [5.41, 5.74) is 2.21. The molecule has 1 amide bonds. The standard InChI is InChI=1S/C18H24N4OS2/c1-13-8-10-15(11-9-13)20-17-21-22-18(25-17)24-12-16(23)19-14-6-4-2-3-5-7-14/h8-11,14H,2-7,12H2,1H3,(H,19,23)(H,20,21). The molecule has 1 aromatic heterocycles. The number of carbonyl (C=O) groups excluding carboxylic acids is 1. The smallest absolute Gasteiger partial charge is 0.230 e. The van der Waals surface area contributed by atoms with Crippen LogP contribution in [0.5, 0.6) is 0 Å². The van der Waals surface area contributed by atoms with E-state index < -0.39 is 0 Å². The van der Waals surface area contributed by atoms with E-state index in [4.69, 9.17) is 0 Å². The first-order valence-electron chi connectivity index (χ1n) is 8.78. The van der Waals surface area contributed by atoms with Crippen molar-refractivity contribution in [2.75, 3.05) is 11.1 Å². The molecule has 0 aliphatic heterocycles. The van der Waals surface area contributed by atoms with E-state index in [1.807, 2.05) is 12.1 Å². The van der Waals surface area contributed by atoms with Gasteiger partial charge in [0, 0.05) is 11.7 Å². The van der Waals surface area contributed by atoms with Crippen molar-refractivity contribution in [2.24, 2.45) is 0 Å². The highest BCUT2D eigenvalue weighted by Crippen LogP contribution is 2.27. The number of thioether (sulfide) groups is 1. The number of hydrogen-bond donors (Lipinski definition) is 2. The van der Waals surface area contributed by atoms with Gasteiger partial charge < -0.3 is 10.6 Å². The second-order valence-electron chi connectivity index (χ2n) is 6.41. The number of hydrogen-bond acceptors (Lipinski definition) is 6. The quantitative estimate of drug-likeness (QED) is 0.573. The normalized spacial score (nSPS) is 15.6. The van der Waals surface area contributed by atoms with Crippen LogP contribution in [0.4, 0.5) is 10.8 Å². The Balaban J connectivity index is 1.44. The largest absolute Gasteiger partial charge is 0.353 e. The van der Waals surface area contributed by atoms with Gasteiger partial charge in [0.15, 0.2) is 4.34 Å². The predicted octanol–water partition coefficient (Wildman–Crippen LogP) is 4.52. The summed E-state index contributed by atoms with van der Waals surface area (Å²) < 4.78 is 0.811. The lowest BCUT2D eigenvalue weighted by molar-refractivity contribution is -0.119. The van der Waals surface area contributed by atoms with Gasteiger partial charge in [0.2, 0.25) is 11.0 Å². The molecule has 0 atom stereocenters. The Labute approximate surface area is 157 Å². The first-order valence-corrected chi connectivity index (χ1v) is 10.6. The highest BCUT2D eigenvalue weighted by Gasteiger charge is 2.15. The predicted molar refractivity (Wildman–Crippen MR) is 105 cm³/mol. The molecule has 1 aliphatic carbocycles. The van der Waals surface area contributed by atoms with E-state index in [1.165, 1.54) is 54.3 Å². The highest BCUT2D eigenvalue weighted by atomic mass is 32.2. The molecule has 25 heavy (non-hydrogen) atoms. The highest BCUT2D eigenvalue weighted by molar-refractivity contribution is 8.01. The molecule has 0 unspecified atom stereocenters. The molecule has 1 saturated carbocycles. The van der Waals surface area contributed by atoms with E-state index in [0.29, 0.717) is 11.8 Å². The zero-order chi connectivity index (χ0) is 17.5. The summed E-state index contributed by atoms with van der Waals surface area (Å²) in [6.07, 6.45) is 7.26. The maximum Gasteiger partial charge on any atom is 0.230 e. The van der Waals surface area contributed by atoms with E-state index >= 15 is 0 Å². The second-order valence-corrected chi connectivity index (χ2v) is 8.61. The van der Waals surface area contributed by atoms with Crippen molar-refractivity contribution < 1.29 is 4.79 Å². The van der Waals surface area contributed by atoms with E-state index in [9.17, 15) is 4.79 Å². The number of amides is 1. The molecule has 3 rings (SSSR count). The van der Waals surface area contributed by atoms with Gasteiger partial charge in [-0.05, 0) is 31.9 Å². The number of carbonyl (C=O) groups is 1. The summed E-state index contributed by atoms with van der Waals surface area (Å²) in [6, 6.07) is 8.49. The molecule has 0 spiro atoms. The van der Waals surface area contributed by atoms with Crippen LogP contribution in [0, 0.1) is 6.92 Å². The fraction of sp³-hybridized carbons (Fsp3) is 0.500. The van der Waals surface area contributed by atoms with Crippen molar-refractivity contribution in [1.29, 1.82) is 0 Å². The van der Waals surface area contributed by atoms with Crippen LogP contribution >= 0.6 is 23.1 Å². The van der Waals surface area contributed by atoms with Crippen molar-refractivity contribution in [3.05, 3.63) is 29.8 Å². The molecule has 134 valence electrons. The summed E-state index contributed by atoms with van der Waals surface area (Å²) in [6.45, 7) is 2.06. The van der Waals surface area contributed by atoms with Crippen LogP contribution in [0.2, 0.25) is 0 Å². The minimum atomic E-state index is 0.0974. The van der Waals surface area contributed by atoms with Crippen LogP contribution in [-0.2, 0) is 4.79 Å². The van der Waals surface area contributed by atoms with Crippen LogP contribution in [-0.4, -0.2) is 27.9 Å². The zero-order valence-electron chi connectivity index (χ0n) is 14.5. The summed E-state index contributed by atoms with van der Waals surface area (Å²) >= 11 is 2.92. The average molecular weight is 377 g/mol. The summed E-state index contributed by atoms with van der Waals surface area (Å²) in [4.78, 5) is 12.1. The van der Waals surface area contributed by atoms with Crippen molar-refractivity contribution >= 4 is 39.8 Å². The number of rotatable bonds is 6. The van der Waals surface area contributed by atoms with Gasteiger partial charge in [-0.1, -0.05) is 66.5 Å². The lowest BCUT2D eigenvalue weighted by Gasteiger charge is -2.15. The summed E-state index contributed by atoms with van der Waals surface area (Å²) in [5.74, 6) is 0.496. The van der Waals surface area contributed by atoms with E-state index in [-0.39, 0.29) is 5.91 Å². The van der Waals surface area contributed by atoms with Crippen molar-refractivity contribution in [1.82, 2.24) is 15.5 Å². The van der Waals surface area contributed by atoms with Gasteiger partial charge in [0.25, 0.3) is 0 Å². The van der Waals surface area contributed by atoms with Crippen molar-refractivity contribution in [3.63, 3.8) is 0 Å². The molecular weight excluding hydrogens is 352 g/mol. The summed E-state index contributed by atoms with van der Waals surface area (Å²) in [7, 11) is 0. The van der Waals surface area contributed by atoms with Gasteiger partial charge >= 0.3 is 0 Å². The third kappa shape index (κ3) is 6.01. The van der Waals surface area contributed by atoms with E-state index in [1.54, 1.807) is 0 Å². The van der Waals surface area contributed by atoms with Crippen molar-refractivity contribution in [3.8, 4) is 0 Å². The molecule has 0 bridgehead atoms. The van der Waals surface area contributed by atoms with Gasteiger partial charge in [-0.15, -0.1) is 10.2 Å². The number of nitrogens with one attached hydrogen (secondary N) is 2. The van der Waals surface area contributed by atoms with Gasteiger partial charge in [0.1, 0.15) is 0 Å². The Morgan fingerprint density at radius 2 is 1.88 bits per heavy atom. The average Bonchev–Trinajstić information content (AvgIpc) is 2.89. The Morgan fingerprint density at radius 1 is 1.16 bits per heavy atom. The molecule has 1 aliphatic rings. The van der Waals surface area contributed by atoms with Crippen LogP contribution < -0.4 is 10.6 Å². The lowest BCUT2D eigenvalue weighted by atomic mass is 10.1. The third-order valence-electron chi connectivity index (χ3n) is 4.26. The van der Waals surface area contributed by atoms with E-state index in [0.717, 1.165) is 28.0 Å². The van der Waals surface area contributed by atoms with Gasteiger partial charge in [-0.25, -0.2) is 0 Å². The van der Waals surface area contributed by atoms with Gasteiger partial charge in [-0.2, -0.15) is 0 Å². The fourth-order valence-corrected chi connectivity index (χ4v) is 4.48. The first kappa shape index (κ1) is 18.2. The molecule has 2 aromatic rings. The molecule has 2 N–H and O–H groups in total. The van der Waals surface area contributed by atoms with Gasteiger partial charge in [-0.3, -0.25) is 4.79 Å². The molecule has 7 heteroatoms. The summed E-state index contributed by atoms with van der Waals surface area (Å²) in [5, 5.41) is 15.4. The Morgan fingerprint density at radius 3 is 2.60 bits per heavy atom. The van der Waals surface area contributed by atoms with Gasteiger partial charge in [0.05, 0.1) is 5.75 Å². The SMILES string of the molecule is Cc1ccc(Nc2nnc(SCC(=O)NC3CCCCCC3)s2)cc1. The molecule has 0 saturated heterocycles. The zero-order valence-corrected chi connectivity index (χ0v) is 16.1. The fourth-order valence-electron chi connectivity index (χ4n) is 2.90. The van der Waals surface area contributed by atoms with E-state index in [2.05, 4.69) is 39.9 Å². The Bertz CT molecular complexity index is 679. The lowest BCUT2D eigenvalue weighted by Crippen LogP contribution is -2.35. The monoisotopic (exact) mass is 376 g/mol. The maximum absolute atomic E-state index is 12.1. The number of aromatic nitrogens is 2. The molecule has 1 fully saturated rings. The Kier molecular flexibility index (Phi) is 6.69. The van der Waals surface area contributed by atoms with Crippen LogP contribution in [0.3, 0.4) is 0 Å². The van der Waals surface area contributed by atoms with Crippen LogP contribution in [0.15, 0.2) is 28.6 Å². The molecule has 0 radical (unpaired) electrons. The molecule has 1 aromatic carbocycles. The molecule has 5 nitrogen and oxygen atoms in total. The molecule has 1 heterocycles. The van der Waals surface area contributed by atoms with Crippen LogP contribution in [0.1, 0.15) is 44.1 Å². The number of aryl methyl sites for hydroxylation is 1. The van der Waals surface area contributed by atoms with Crippen molar-refractivity contribution in [2.45, 2.75) is 55.8 Å². The molecular formula is C18H24N4OS2. The topological polar surface area (TPSA) is 66.9 Å². The minimum Gasteiger partial charge on any atom is -0.353 e. The second kappa shape index (κ2) is 9.20. The first-order chi connectivity index (χ1) is 12.2. The number of nitrogens with zero attached hydrogens (tertiary/aromatic N) is 2. The Hall–Kier alpha value is -1.60. The van der Waals surface area contributed by atoms with Crippen LogP contribution in [0.25, 0.3) is 0 Å². The third-order valence-corrected chi connectivity index (χ3v) is 6.23.